The lowest BCUT2D eigenvalue weighted by atomic mass is 10.1. The number of nitrogens with zero attached hydrogens (tertiary/aromatic N) is 6. The van der Waals surface area contributed by atoms with E-state index in [-0.39, 0.29) is 19.2 Å². The molecule has 0 saturated carbocycles. The van der Waals surface area contributed by atoms with Gasteiger partial charge in [-0.3, -0.25) is 9.58 Å². The Morgan fingerprint density at radius 3 is 2.58 bits per heavy atom. The van der Waals surface area contributed by atoms with Crippen molar-refractivity contribution in [1.29, 1.82) is 0 Å². The van der Waals surface area contributed by atoms with Gasteiger partial charge >= 0.3 is 6.03 Å². The molecule has 2 saturated heterocycles. The third-order valence-electron chi connectivity index (χ3n) is 8.11. The van der Waals surface area contributed by atoms with Crippen LogP contribution in [0.1, 0.15) is 18.4 Å². The molecule has 0 aliphatic carbocycles. The first kappa shape index (κ1) is 30.7. The number of anilines is 3. The van der Waals surface area contributed by atoms with Gasteiger partial charge in [-0.25, -0.2) is 14.8 Å². The first-order valence-electron chi connectivity index (χ1n) is 15.6. The van der Waals surface area contributed by atoms with Crippen molar-refractivity contribution in [3.05, 3.63) is 72.6 Å². The third-order valence-corrected chi connectivity index (χ3v) is 8.11. The zero-order chi connectivity index (χ0) is 31.0. The minimum atomic E-state index is -0.952. The Hall–Kier alpha value is -4.36. The molecule has 0 unspecified atom stereocenters. The van der Waals surface area contributed by atoms with Crippen LogP contribution in [0.5, 0.6) is 0 Å². The van der Waals surface area contributed by atoms with Gasteiger partial charge in [-0.2, -0.15) is 5.10 Å². The van der Waals surface area contributed by atoms with Crippen LogP contribution in [-0.4, -0.2) is 104 Å². The summed E-state index contributed by atoms with van der Waals surface area (Å²) in [6, 6.07) is 17.5. The number of likely N-dealkylation sites (tertiary alicyclic amines) is 1. The SMILES string of the molecule is O=C(Nc1ccc(-c2nn(C[C@H](O)CO)cc2-c2ccnc(Nc3cccc(CCN4CCOCC4)c3)n2)cc1)N1CCCC1. The van der Waals surface area contributed by atoms with Crippen LogP contribution in [0.3, 0.4) is 0 Å². The average Bonchev–Trinajstić information content (AvgIpc) is 3.76. The van der Waals surface area contributed by atoms with E-state index >= 15 is 0 Å². The largest absolute Gasteiger partial charge is 0.394 e. The fourth-order valence-corrected chi connectivity index (χ4v) is 5.64. The fourth-order valence-electron chi connectivity index (χ4n) is 5.64. The Balaban J connectivity index is 1.20. The van der Waals surface area contributed by atoms with Crippen molar-refractivity contribution >= 4 is 23.4 Å². The molecule has 2 amide bonds. The summed E-state index contributed by atoms with van der Waals surface area (Å²) in [4.78, 5) is 26.1. The van der Waals surface area contributed by atoms with Crippen LogP contribution in [-0.2, 0) is 17.7 Å². The van der Waals surface area contributed by atoms with Gasteiger partial charge < -0.3 is 30.5 Å². The molecule has 2 fully saturated rings. The maximum atomic E-state index is 12.6. The Labute approximate surface area is 262 Å². The number of carbonyl (C=O) groups excluding carboxylic acids is 1. The minimum absolute atomic E-state index is 0.0909. The normalized spacial score (nSPS) is 16.1. The van der Waals surface area contributed by atoms with E-state index in [1.54, 1.807) is 10.9 Å². The molecule has 4 N–H and O–H groups in total. The molecule has 12 nitrogen and oxygen atoms in total. The fraction of sp³-hybridized carbons (Fsp3) is 0.394. The van der Waals surface area contributed by atoms with E-state index in [4.69, 9.17) is 14.8 Å². The lowest BCUT2D eigenvalue weighted by molar-refractivity contribution is 0.0384. The number of aliphatic hydroxyl groups excluding tert-OH is 2. The molecular weight excluding hydrogens is 572 g/mol. The van der Waals surface area contributed by atoms with Crippen LogP contribution in [0.4, 0.5) is 22.1 Å². The second-order valence-electron chi connectivity index (χ2n) is 11.4. The lowest BCUT2D eigenvalue weighted by Crippen LogP contribution is -2.37. The second kappa shape index (κ2) is 14.6. The number of aromatic nitrogens is 4. The smallest absolute Gasteiger partial charge is 0.321 e. The number of aliphatic hydroxyl groups is 2. The summed E-state index contributed by atoms with van der Waals surface area (Å²) >= 11 is 0. The van der Waals surface area contributed by atoms with Crippen molar-refractivity contribution in [3.8, 4) is 22.5 Å². The quantitative estimate of drug-likeness (QED) is 0.200. The van der Waals surface area contributed by atoms with Crippen LogP contribution < -0.4 is 10.6 Å². The van der Waals surface area contributed by atoms with E-state index in [0.29, 0.717) is 23.0 Å². The highest BCUT2D eigenvalue weighted by molar-refractivity contribution is 5.90. The van der Waals surface area contributed by atoms with Crippen LogP contribution in [0, 0.1) is 0 Å². The summed E-state index contributed by atoms with van der Waals surface area (Å²) < 4.78 is 7.07. The van der Waals surface area contributed by atoms with Gasteiger partial charge in [0.05, 0.1) is 38.2 Å². The Bertz CT molecular complexity index is 1570. The number of urea groups is 1. The van der Waals surface area contributed by atoms with E-state index in [0.717, 1.165) is 82.0 Å². The Morgan fingerprint density at radius 1 is 1.00 bits per heavy atom. The molecule has 4 aromatic rings. The summed E-state index contributed by atoms with van der Waals surface area (Å²) in [5.41, 5.74) is 5.72. The van der Waals surface area contributed by atoms with Crippen molar-refractivity contribution in [2.45, 2.75) is 31.9 Å². The summed E-state index contributed by atoms with van der Waals surface area (Å²) in [5, 5.41) is 30.6. The molecule has 2 aromatic carbocycles. The number of hydrogen-bond donors (Lipinski definition) is 4. The zero-order valence-corrected chi connectivity index (χ0v) is 25.3. The maximum absolute atomic E-state index is 12.6. The van der Waals surface area contributed by atoms with E-state index in [9.17, 15) is 15.0 Å². The molecular formula is C33H40N8O4. The summed E-state index contributed by atoms with van der Waals surface area (Å²) in [5.74, 6) is 0.451. The van der Waals surface area contributed by atoms with Crippen LogP contribution in [0.15, 0.2) is 67.0 Å². The van der Waals surface area contributed by atoms with Crippen molar-refractivity contribution < 1.29 is 19.7 Å². The number of ether oxygens (including phenoxy) is 1. The molecule has 1 atom stereocenters. The van der Waals surface area contributed by atoms with Crippen molar-refractivity contribution in [2.75, 3.05) is 63.2 Å². The minimum Gasteiger partial charge on any atom is -0.394 e. The summed E-state index contributed by atoms with van der Waals surface area (Å²) in [6.07, 6.45) is 5.57. The lowest BCUT2D eigenvalue weighted by Gasteiger charge is -2.26. The topological polar surface area (TPSA) is 141 Å². The zero-order valence-electron chi connectivity index (χ0n) is 25.3. The molecule has 236 valence electrons. The second-order valence-corrected chi connectivity index (χ2v) is 11.4. The summed E-state index contributed by atoms with van der Waals surface area (Å²) in [7, 11) is 0. The standard InChI is InChI=1S/C33H40N8O4/c42-23-28(43)21-41-22-29(31(38-41)25-6-8-26(9-7-25)36-33(44)40-13-1-2-14-40)30-10-12-34-32(37-30)35-27-5-3-4-24(20-27)11-15-39-16-18-45-19-17-39/h3-10,12,20,22,28,42-43H,1-2,11,13-19,21,23H2,(H,36,44)(H,34,35,37)/t28-/m0/s1. The van der Waals surface area contributed by atoms with Gasteiger partial charge in [-0.1, -0.05) is 24.3 Å². The monoisotopic (exact) mass is 612 g/mol. The molecule has 12 heteroatoms. The van der Waals surface area contributed by atoms with Gasteiger partial charge in [0, 0.05) is 67.6 Å². The molecule has 2 aliphatic heterocycles. The van der Waals surface area contributed by atoms with E-state index in [1.807, 2.05) is 53.6 Å². The number of amides is 2. The molecule has 0 spiro atoms. The number of rotatable bonds is 11. The summed E-state index contributed by atoms with van der Waals surface area (Å²) in [6.45, 7) is 5.82. The van der Waals surface area contributed by atoms with E-state index in [2.05, 4.69) is 32.7 Å². The molecule has 2 aliphatic rings. The van der Waals surface area contributed by atoms with Gasteiger partial charge in [0.2, 0.25) is 5.95 Å². The van der Waals surface area contributed by atoms with Gasteiger partial charge in [-0.15, -0.1) is 0 Å². The highest BCUT2D eigenvalue weighted by Crippen LogP contribution is 2.31. The molecule has 6 rings (SSSR count). The van der Waals surface area contributed by atoms with Crippen LogP contribution in [0.2, 0.25) is 0 Å². The average molecular weight is 613 g/mol. The van der Waals surface area contributed by atoms with E-state index in [1.165, 1.54) is 5.56 Å². The highest BCUT2D eigenvalue weighted by Gasteiger charge is 2.19. The van der Waals surface area contributed by atoms with Crippen LogP contribution >= 0.6 is 0 Å². The molecule has 0 radical (unpaired) electrons. The third kappa shape index (κ3) is 8.03. The molecule has 4 heterocycles. The van der Waals surface area contributed by atoms with E-state index < -0.39 is 6.10 Å². The molecule has 0 bridgehead atoms. The van der Waals surface area contributed by atoms with Gasteiger partial charge in [0.25, 0.3) is 0 Å². The number of morpholine rings is 1. The number of hydrogen-bond acceptors (Lipinski definition) is 9. The van der Waals surface area contributed by atoms with Crippen molar-refractivity contribution in [3.63, 3.8) is 0 Å². The first-order chi connectivity index (χ1) is 22.0. The maximum Gasteiger partial charge on any atom is 0.321 e. The number of nitrogens with one attached hydrogen (secondary N) is 2. The van der Waals surface area contributed by atoms with Gasteiger partial charge in [0.1, 0.15) is 5.69 Å². The van der Waals surface area contributed by atoms with Gasteiger partial charge in [0.15, 0.2) is 0 Å². The predicted molar refractivity (Wildman–Crippen MR) is 172 cm³/mol. The Morgan fingerprint density at radius 2 is 1.80 bits per heavy atom. The number of benzene rings is 2. The van der Waals surface area contributed by atoms with Gasteiger partial charge in [-0.05, 0) is 55.2 Å². The molecule has 2 aromatic heterocycles. The van der Waals surface area contributed by atoms with Crippen LogP contribution in [0.25, 0.3) is 22.5 Å². The van der Waals surface area contributed by atoms with Crippen molar-refractivity contribution in [1.82, 2.24) is 29.5 Å². The van der Waals surface area contributed by atoms with Crippen molar-refractivity contribution in [2.24, 2.45) is 0 Å². The number of carbonyl (C=O) groups is 1. The highest BCUT2D eigenvalue weighted by atomic mass is 16.5. The predicted octanol–water partition coefficient (Wildman–Crippen LogP) is 3.61. The Kier molecular flexibility index (Phi) is 9.96. The first-order valence-corrected chi connectivity index (χ1v) is 15.6. The molecule has 45 heavy (non-hydrogen) atoms.